The van der Waals surface area contributed by atoms with Gasteiger partial charge in [0, 0.05) is 11.8 Å². The van der Waals surface area contributed by atoms with Gasteiger partial charge in [-0.2, -0.15) is 0 Å². The van der Waals surface area contributed by atoms with E-state index in [2.05, 4.69) is 5.32 Å². The molecule has 4 aliphatic rings. The summed E-state index contributed by atoms with van der Waals surface area (Å²) in [5, 5.41) is 2.93. The van der Waals surface area contributed by atoms with Crippen molar-refractivity contribution in [1.29, 1.82) is 0 Å². The second-order valence-corrected chi connectivity index (χ2v) is 8.02. The molecule has 2 amide bonds. The lowest BCUT2D eigenvalue weighted by atomic mass is 9.77. The van der Waals surface area contributed by atoms with Crippen molar-refractivity contribution in [3.8, 4) is 11.5 Å². The maximum Gasteiger partial charge on any atom is 0.231 e. The minimum Gasteiger partial charge on any atom is -0.486 e. The van der Waals surface area contributed by atoms with E-state index in [4.69, 9.17) is 18.6 Å². The number of nitrogens with zero attached hydrogens (tertiary/aromatic N) is 1. The van der Waals surface area contributed by atoms with Crippen LogP contribution in [0.15, 0.2) is 53.2 Å². The highest BCUT2D eigenvalue weighted by molar-refractivity contribution is 5.99. The zero-order valence-electron chi connectivity index (χ0n) is 16.1. The summed E-state index contributed by atoms with van der Waals surface area (Å²) < 4.78 is 22.7. The zero-order valence-corrected chi connectivity index (χ0v) is 16.1. The van der Waals surface area contributed by atoms with E-state index in [0.717, 1.165) is 0 Å². The number of hydrogen-bond donors (Lipinski definition) is 1. The van der Waals surface area contributed by atoms with Gasteiger partial charge in [0.05, 0.1) is 37.3 Å². The lowest BCUT2D eigenvalue weighted by Gasteiger charge is -2.24. The monoisotopic (exact) mass is 408 g/mol. The van der Waals surface area contributed by atoms with Crippen LogP contribution in [0, 0.1) is 11.8 Å². The number of anilines is 1. The lowest BCUT2D eigenvalue weighted by molar-refractivity contribution is -0.136. The number of furan rings is 1. The van der Waals surface area contributed by atoms with Crippen LogP contribution in [0.25, 0.3) is 0 Å². The number of amides is 2. The molecule has 4 aliphatic heterocycles. The van der Waals surface area contributed by atoms with Crippen LogP contribution in [0.2, 0.25) is 0 Å². The van der Waals surface area contributed by atoms with Crippen molar-refractivity contribution < 1.29 is 28.2 Å². The Morgan fingerprint density at radius 2 is 2.07 bits per heavy atom. The van der Waals surface area contributed by atoms with Gasteiger partial charge < -0.3 is 28.8 Å². The van der Waals surface area contributed by atoms with Crippen molar-refractivity contribution in [2.24, 2.45) is 11.8 Å². The predicted octanol–water partition coefficient (Wildman–Crippen LogP) is 1.97. The molecule has 6 rings (SSSR count). The first-order valence-electron chi connectivity index (χ1n) is 10.0. The minimum absolute atomic E-state index is 0.0828. The number of ether oxygens (including phenoxy) is 3. The summed E-state index contributed by atoms with van der Waals surface area (Å²) in [5.41, 5.74) is -0.147. The molecule has 0 saturated carbocycles. The Hall–Kier alpha value is -3.26. The third kappa shape index (κ3) is 2.56. The van der Waals surface area contributed by atoms with Crippen LogP contribution in [-0.4, -0.2) is 48.2 Å². The fourth-order valence-corrected chi connectivity index (χ4v) is 4.95. The highest BCUT2D eigenvalue weighted by Crippen LogP contribution is 2.52. The highest BCUT2D eigenvalue weighted by atomic mass is 16.6. The number of hydrogen-bond acceptors (Lipinski definition) is 6. The molecule has 0 unspecified atom stereocenters. The van der Waals surface area contributed by atoms with Crippen LogP contribution in [0.1, 0.15) is 5.76 Å². The summed E-state index contributed by atoms with van der Waals surface area (Å²) in [6, 6.07) is 8.91. The van der Waals surface area contributed by atoms with Gasteiger partial charge in [-0.3, -0.25) is 9.59 Å². The molecule has 8 heteroatoms. The number of likely N-dealkylation sites (tertiary alicyclic amines) is 1. The Morgan fingerprint density at radius 1 is 1.20 bits per heavy atom. The van der Waals surface area contributed by atoms with Gasteiger partial charge in [0.15, 0.2) is 11.5 Å². The van der Waals surface area contributed by atoms with Crippen molar-refractivity contribution in [2.45, 2.75) is 18.2 Å². The molecule has 0 aliphatic carbocycles. The minimum atomic E-state index is -0.747. The maximum atomic E-state index is 13.2. The summed E-state index contributed by atoms with van der Waals surface area (Å²) in [7, 11) is 0. The average molecular weight is 408 g/mol. The number of carbonyl (C=O) groups is 2. The third-order valence-corrected chi connectivity index (χ3v) is 6.22. The first-order chi connectivity index (χ1) is 14.6. The summed E-state index contributed by atoms with van der Waals surface area (Å²) in [5.74, 6) is 0.513. The Bertz CT molecular complexity index is 1050. The molecular formula is C22H20N2O6. The fourth-order valence-electron chi connectivity index (χ4n) is 4.95. The summed E-state index contributed by atoms with van der Waals surface area (Å²) >= 11 is 0. The number of carbonyl (C=O) groups excluding carboxylic acids is 2. The molecule has 8 nitrogen and oxygen atoms in total. The number of rotatable bonds is 4. The van der Waals surface area contributed by atoms with Gasteiger partial charge in [-0.25, -0.2) is 0 Å². The first kappa shape index (κ1) is 17.6. The first-order valence-corrected chi connectivity index (χ1v) is 10.0. The molecule has 0 radical (unpaired) electrons. The van der Waals surface area contributed by atoms with Gasteiger partial charge in [0.2, 0.25) is 11.8 Å². The van der Waals surface area contributed by atoms with E-state index in [-0.39, 0.29) is 11.8 Å². The van der Waals surface area contributed by atoms with Crippen LogP contribution in [0.3, 0.4) is 0 Å². The second kappa shape index (κ2) is 6.37. The average Bonchev–Trinajstić information content (AvgIpc) is 3.51. The molecule has 1 spiro atoms. The molecular weight excluding hydrogens is 388 g/mol. The van der Waals surface area contributed by atoms with Gasteiger partial charge in [0.25, 0.3) is 0 Å². The van der Waals surface area contributed by atoms with Gasteiger partial charge in [-0.15, -0.1) is 0 Å². The molecule has 4 atom stereocenters. The standard InChI is InChI=1S/C22H20N2O6/c25-20(23-13-3-4-15-17(10-13)29-9-8-28-15)18-16-5-6-22(30-16)12-24(21(26)19(18)22)11-14-2-1-7-27-14/h1-7,10,16,18-19H,8-9,11-12H2,(H,23,25)/t16-,18-,19-,22-/m0/s1. The Kier molecular flexibility index (Phi) is 3.73. The number of nitrogens with one attached hydrogen (secondary N) is 1. The molecule has 30 heavy (non-hydrogen) atoms. The van der Waals surface area contributed by atoms with Crippen LogP contribution in [0.5, 0.6) is 11.5 Å². The second-order valence-electron chi connectivity index (χ2n) is 8.02. The molecule has 1 N–H and O–H groups in total. The fraction of sp³-hybridized carbons (Fsp3) is 0.364. The highest BCUT2D eigenvalue weighted by Gasteiger charge is 2.66. The van der Waals surface area contributed by atoms with E-state index in [1.807, 2.05) is 18.2 Å². The van der Waals surface area contributed by atoms with Gasteiger partial charge in [0.1, 0.15) is 24.6 Å². The normalized spacial score (nSPS) is 30.6. The Labute approximate surface area is 172 Å². The van der Waals surface area contributed by atoms with Crippen molar-refractivity contribution in [1.82, 2.24) is 4.90 Å². The van der Waals surface area contributed by atoms with Crippen molar-refractivity contribution >= 4 is 17.5 Å². The summed E-state index contributed by atoms with van der Waals surface area (Å²) in [6.45, 7) is 1.76. The van der Waals surface area contributed by atoms with Crippen LogP contribution in [0.4, 0.5) is 5.69 Å². The topological polar surface area (TPSA) is 90.2 Å². The quantitative estimate of drug-likeness (QED) is 0.778. The Balaban J connectivity index is 1.23. The molecule has 2 aromatic rings. The molecule has 2 saturated heterocycles. The largest absolute Gasteiger partial charge is 0.486 e. The predicted molar refractivity (Wildman–Crippen MR) is 104 cm³/mol. The van der Waals surface area contributed by atoms with E-state index in [0.29, 0.717) is 49.2 Å². The molecule has 1 aromatic carbocycles. The lowest BCUT2D eigenvalue weighted by Crippen LogP contribution is -2.41. The molecule has 2 fully saturated rings. The van der Waals surface area contributed by atoms with Gasteiger partial charge in [-0.1, -0.05) is 12.2 Å². The van der Waals surface area contributed by atoms with Crippen LogP contribution >= 0.6 is 0 Å². The van der Waals surface area contributed by atoms with E-state index in [9.17, 15) is 9.59 Å². The van der Waals surface area contributed by atoms with E-state index < -0.39 is 23.5 Å². The van der Waals surface area contributed by atoms with E-state index in [1.54, 1.807) is 35.4 Å². The van der Waals surface area contributed by atoms with Crippen molar-refractivity contribution in [2.75, 3.05) is 25.1 Å². The zero-order chi connectivity index (χ0) is 20.3. The van der Waals surface area contributed by atoms with Crippen LogP contribution in [-0.2, 0) is 20.9 Å². The Morgan fingerprint density at radius 3 is 2.90 bits per heavy atom. The SMILES string of the molecule is O=C(Nc1ccc2c(c1)OCCO2)[C@H]1[C@@H]2C=C[C@@]3(CN(Cc4ccco4)C(=O)[C@H]13)O2. The van der Waals surface area contributed by atoms with E-state index in [1.165, 1.54) is 0 Å². The van der Waals surface area contributed by atoms with E-state index >= 15 is 0 Å². The molecule has 2 bridgehead atoms. The van der Waals surface area contributed by atoms with Gasteiger partial charge in [-0.05, 0) is 24.3 Å². The number of benzene rings is 1. The van der Waals surface area contributed by atoms with Gasteiger partial charge >= 0.3 is 0 Å². The maximum absolute atomic E-state index is 13.2. The van der Waals surface area contributed by atoms with Crippen LogP contribution < -0.4 is 14.8 Å². The third-order valence-electron chi connectivity index (χ3n) is 6.22. The molecule has 1 aromatic heterocycles. The van der Waals surface area contributed by atoms with Crippen molar-refractivity contribution in [3.63, 3.8) is 0 Å². The summed E-state index contributed by atoms with van der Waals surface area (Å²) in [4.78, 5) is 28.1. The van der Waals surface area contributed by atoms with Crippen molar-refractivity contribution in [3.05, 3.63) is 54.5 Å². The number of fused-ring (bicyclic) bond motifs is 2. The smallest absolute Gasteiger partial charge is 0.231 e. The molecule has 154 valence electrons. The summed E-state index contributed by atoms with van der Waals surface area (Å²) in [6.07, 6.45) is 5.02. The molecule has 5 heterocycles.